The number of benzene rings is 1. The quantitative estimate of drug-likeness (QED) is 0.855. The van der Waals surface area contributed by atoms with E-state index in [4.69, 9.17) is 9.47 Å². The van der Waals surface area contributed by atoms with Crippen LogP contribution in [0.25, 0.3) is 0 Å². The zero-order valence-corrected chi connectivity index (χ0v) is 14.1. The third kappa shape index (κ3) is 3.35. The number of nitrogens with zero attached hydrogens (tertiary/aromatic N) is 1. The lowest BCUT2D eigenvalue weighted by atomic mass is 9.77. The molecule has 1 aromatic rings. The van der Waals surface area contributed by atoms with Crippen molar-refractivity contribution in [2.45, 2.75) is 26.2 Å². The number of carbonyl (C=O) groups is 1. The molecule has 1 saturated heterocycles. The normalized spacial score (nSPS) is 23.6. The monoisotopic (exact) mass is 321 g/mol. The van der Waals surface area contributed by atoms with Crippen LogP contribution >= 0.6 is 11.8 Å². The van der Waals surface area contributed by atoms with Gasteiger partial charge in [0.05, 0.1) is 5.75 Å². The van der Waals surface area contributed by atoms with Gasteiger partial charge >= 0.3 is 0 Å². The van der Waals surface area contributed by atoms with Crippen molar-refractivity contribution in [3.8, 4) is 11.5 Å². The second kappa shape index (κ2) is 6.41. The van der Waals surface area contributed by atoms with Gasteiger partial charge in [-0.25, -0.2) is 0 Å². The van der Waals surface area contributed by atoms with Gasteiger partial charge in [-0.15, -0.1) is 0 Å². The third-order valence-electron chi connectivity index (χ3n) is 4.47. The fourth-order valence-electron chi connectivity index (χ4n) is 3.43. The molecule has 0 N–H and O–H groups in total. The molecule has 1 amide bonds. The van der Waals surface area contributed by atoms with Crippen LogP contribution in [0.5, 0.6) is 11.5 Å². The Morgan fingerprint density at radius 3 is 3.00 bits per heavy atom. The Bertz CT molecular complexity index is 563. The van der Waals surface area contributed by atoms with E-state index in [2.05, 4.69) is 19.1 Å². The van der Waals surface area contributed by atoms with E-state index >= 15 is 0 Å². The Hall–Kier alpha value is -1.36. The fourth-order valence-corrected chi connectivity index (χ4v) is 3.86. The van der Waals surface area contributed by atoms with E-state index in [0.717, 1.165) is 43.9 Å². The van der Waals surface area contributed by atoms with Crippen molar-refractivity contribution in [2.75, 3.05) is 31.9 Å². The number of thioether (sulfide) groups is 1. The highest BCUT2D eigenvalue weighted by Gasteiger charge is 2.33. The van der Waals surface area contributed by atoms with Crippen LogP contribution < -0.4 is 9.47 Å². The Morgan fingerprint density at radius 2 is 2.18 bits per heavy atom. The number of hydrogen-bond donors (Lipinski definition) is 0. The number of fused-ring (bicyclic) bond motifs is 1. The van der Waals surface area contributed by atoms with Crippen LogP contribution in [-0.4, -0.2) is 42.7 Å². The summed E-state index contributed by atoms with van der Waals surface area (Å²) in [6.45, 7) is 4.35. The summed E-state index contributed by atoms with van der Waals surface area (Å²) in [5, 5.41) is 0. The van der Waals surface area contributed by atoms with Gasteiger partial charge in [0.25, 0.3) is 0 Å². The van der Waals surface area contributed by atoms with Crippen LogP contribution in [0, 0.1) is 5.41 Å². The molecule has 22 heavy (non-hydrogen) atoms. The maximum atomic E-state index is 12.2. The van der Waals surface area contributed by atoms with Crippen molar-refractivity contribution in [1.29, 1.82) is 0 Å². The molecule has 120 valence electrons. The van der Waals surface area contributed by atoms with Gasteiger partial charge in [-0.3, -0.25) is 4.79 Å². The number of hydrogen-bond acceptors (Lipinski definition) is 4. The number of ether oxygens (including phenoxy) is 2. The second-order valence-corrected chi connectivity index (χ2v) is 7.39. The van der Waals surface area contributed by atoms with Gasteiger partial charge in [0.15, 0.2) is 11.5 Å². The molecule has 5 heteroatoms. The zero-order chi connectivity index (χ0) is 15.6. The summed E-state index contributed by atoms with van der Waals surface area (Å²) < 4.78 is 10.8. The first-order valence-corrected chi connectivity index (χ1v) is 9.14. The van der Waals surface area contributed by atoms with E-state index in [1.54, 1.807) is 11.8 Å². The molecule has 0 aliphatic carbocycles. The highest BCUT2D eigenvalue weighted by Crippen LogP contribution is 2.37. The van der Waals surface area contributed by atoms with Crippen molar-refractivity contribution in [3.05, 3.63) is 23.8 Å². The smallest absolute Gasteiger partial charge is 0.232 e. The van der Waals surface area contributed by atoms with Crippen molar-refractivity contribution in [2.24, 2.45) is 5.41 Å². The van der Waals surface area contributed by atoms with Crippen LogP contribution in [0.2, 0.25) is 0 Å². The molecule has 1 atom stereocenters. The van der Waals surface area contributed by atoms with E-state index in [9.17, 15) is 4.79 Å². The lowest BCUT2D eigenvalue weighted by Crippen LogP contribution is -2.46. The van der Waals surface area contributed by atoms with Gasteiger partial charge in [-0.1, -0.05) is 13.0 Å². The van der Waals surface area contributed by atoms with E-state index in [-0.39, 0.29) is 11.3 Å². The van der Waals surface area contributed by atoms with Crippen LogP contribution in [0.3, 0.4) is 0 Å². The molecule has 1 aromatic carbocycles. The van der Waals surface area contributed by atoms with Gasteiger partial charge in [-0.05, 0) is 48.6 Å². The number of rotatable bonds is 4. The Morgan fingerprint density at radius 1 is 1.36 bits per heavy atom. The first-order valence-electron chi connectivity index (χ1n) is 7.75. The summed E-state index contributed by atoms with van der Waals surface area (Å²) >= 11 is 1.60. The second-order valence-electron chi connectivity index (χ2n) is 6.53. The number of piperidine rings is 1. The van der Waals surface area contributed by atoms with Crippen LogP contribution in [0.1, 0.15) is 25.3 Å². The van der Waals surface area contributed by atoms with Crippen LogP contribution in [0.15, 0.2) is 18.2 Å². The predicted octanol–water partition coefficient (Wildman–Crippen LogP) is 2.95. The lowest BCUT2D eigenvalue weighted by Gasteiger charge is -2.40. The van der Waals surface area contributed by atoms with Gasteiger partial charge in [-0.2, -0.15) is 11.8 Å². The summed E-state index contributed by atoms with van der Waals surface area (Å²) in [5.41, 5.74) is 1.39. The minimum Gasteiger partial charge on any atom is -0.454 e. The van der Waals surface area contributed by atoms with E-state index in [1.807, 2.05) is 17.2 Å². The first-order chi connectivity index (χ1) is 10.6. The molecule has 0 saturated carbocycles. The molecule has 0 aromatic heterocycles. The van der Waals surface area contributed by atoms with Gasteiger partial charge in [0.2, 0.25) is 12.7 Å². The largest absolute Gasteiger partial charge is 0.454 e. The molecule has 1 unspecified atom stereocenters. The Labute approximate surface area is 136 Å². The van der Waals surface area contributed by atoms with Crippen LogP contribution in [0.4, 0.5) is 0 Å². The highest BCUT2D eigenvalue weighted by atomic mass is 32.2. The standard InChI is InChI=1S/C17H23NO3S/c1-17(6-3-7-18(11-17)16(19)10-22-2)9-13-4-5-14-15(8-13)21-12-20-14/h4-5,8H,3,6-7,9-12H2,1-2H3. The molecule has 0 bridgehead atoms. The summed E-state index contributed by atoms with van der Waals surface area (Å²) in [6, 6.07) is 6.18. The SMILES string of the molecule is CSCC(=O)N1CCCC(C)(Cc2ccc3c(c2)OCO3)C1. The number of carbonyl (C=O) groups excluding carboxylic acids is 1. The zero-order valence-electron chi connectivity index (χ0n) is 13.3. The van der Waals surface area contributed by atoms with E-state index in [1.165, 1.54) is 5.56 Å². The summed E-state index contributed by atoms with van der Waals surface area (Å²) in [4.78, 5) is 14.2. The lowest BCUT2D eigenvalue weighted by molar-refractivity contribution is -0.131. The minimum atomic E-state index is 0.139. The molecule has 0 spiro atoms. The summed E-state index contributed by atoms with van der Waals surface area (Å²) in [5.74, 6) is 2.52. The molecular formula is C17H23NO3S. The molecule has 2 heterocycles. The summed E-state index contributed by atoms with van der Waals surface area (Å²) in [6.07, 6.45) is 5.19. The van der Waals surface area contributed by atoms with Gasteiger partial charge in [0.1, 0.15) is 0 Å². The molecule has 3 rings (SSSR count). The Kier molecular flexibility index (Phi) is 4.52. The number of likely N-dealkylation sites (tertiary alicyclic amines) is 1. The van der Waals surface area contributed by atoms with E-state index in [0.29, 0.717) is 12.5 Å². The summed E-state index contributed by atoms with van der Waals surface area (Å²) in [7, 11) is 0. The molecular weight excluding hydrogens is 298 g/mol. The van der Waals surface area contributed by atoms with Crippen molar-refractivity contribution in [1.82, 2.24) is 4.90 Å². The first kappa shape index (κ1) is 15.5. The molecule has 2 aliphatic rings. The molecule has 2 aliphatic heterocycles. The molecule has 4 nitrogen and oxygen atoms in total. The van der Waals surface area contributed by atoms with Gasteiger partial charge in [0, 0.05) is 13.1 Å². The average molecular weight is 321 g/mol. The maximum absolute atomic E-state index is 12.2. The van der Waals surface area contributed by atoms with Crippen LogP contribution in [-0.2, 0) is 11.2 Å². The fraction of sp³-hybridized carbons (Fsp3) is 0.588. The number of amides is 1. The third-order valence-corrected chi connectivity index (χ3v) is 5.00. The molecule has 1 fully saturated rings. The van der Waals surface area contributed by atoms with Crippen molar-refractivity contribution >= 4 is 17.7 Å². The topological polar surface area (TPSA) is 38.8 Å². The highest BCUT2D eigenvalue weighted by molar-refractivity contribution is 7.99. The minimum absolute atomic E-state index is 0.139. The van der Waals surface area contributed by atoms with Crippen molar-refractivity contribution < 1.29 is 14.3 Å². The van der Waals surface area contributed by atoms with E-state index < -0.39 is 0 Å². The van der Waals surface area contributed by atoms with Crippen molar-refractivity contribution in [3.63, 3.8) is 0 Å². The molecule has 0 radical (unpaired) electrons. The average Bonchev–Trinajstić information content (AvgIpc) is 2.94. The maximum Gasteiger partial charge on any atom is 0.232 e. The van der Waals surface area contributed by atoms with Gasteiger partial charge < -0.3 is 14.4 Å². The predicted molar refractivity (Wildman–Crippen MR) is 88.6 cm³/mol. The Balaban J connectivity index is 1.69.